The summed E-state index contributed by atoms with van der Waals surface area (Å²) in [6.45, 7) is 4.30. The molecule has 1 saturated carbocycles. The van der Waals surface area contributed by atoms with Crippen LogP contribution in [0.3, 0.4) is 0 Å². The van der Waals surface area contributed by atoms with E-state index in [2.05, 4.69) is 40.5 Å². The fourth-order valence-electron chi connectivity index (χ4n) is 5.25. The molecule has 2 saturated heterocycles. The number of likely N-dealkylation sites (tertiary alicyclic amines) is 1. The van der Waals surface area contributed by atoms with Gasteiger partial charge in [-0.05, 0) is 74.3 Å². The zero-order valence-electron chi connectivity index (χ0n) is 15.4. The molecule has 1 aliphatic carbocycles. The molecule has 136 valence electrons. The van der Waals surface area contributed by atoms with Gasteiger partial charge in [-0.1, -0.05) is 30.3 Å². The number of piperidine rings is 1. The summed E-state index contributed by atoms with van der Waals surface area (Å²) >= 11 is 0. The van der Waals surface area contributed by atoms with Crippen LogP contribution in [0.15, 0.2) is 30.3 Å². The molecule has 0 radical (unpaired) electrons. The number of carbonyl (C=O) groups is 1. The fraction of sp³-hybridized carbons (Fsp3) is 0.682. The molecule has 0 bridgehead atoms. The average Bonchev–Trinajstić information content (AvgIpc) is 3.11. The minimum absolute atomic E-state index is 0.420. The molecule has 1 spiro atoms. The molecule has 4 rings (SSSR count). The van der Waals surface area contributed by atoms with Gasteiger partial charge in [0, 0.05) is 26.1 Å². The molecular weight excluding hydrogens is 308 g/mol. The summed E-state index contributed by atoms with van der Waals surface area (Å²) in [5.74, 6) is 1.73. The molecule has 1 amide bonds. The quantitative estimate of drug-likeness (QED) is 0.903. The van der Waals surface area contributed by atoms with Gasteiger partial charge >= 0.3 is 0 Å². The number of amides is 1. The van der Waals surface area contributed by atoms with Crippen molar-refractivity contribution in [2.45, 2.75) is 57.3 Å². The second-order valence-corrected chi connectivity index (χ2v) is 8.64. The topological polar surface area (TPSA) is 32.3 Å². The van der Waals surface area contributed by atoms with E-state index in [1.54, 1.807) is 0 Å². The highest BCUT2D eigenvalue weighted by Crippen LogP contribution is 2.39. The lowest BCUT2D eigenvalue weighted by Crippen LogP contribution is -2.44. The standard InChI is InChI=1S/C22H32N2O/c25-21(24-14-11-22(12-15-24)10-13-23-17-22)16-18-6-8-20(9-7-18)19-4-2-1-3-5-19/h1-5,18,20,23H,6-17H2. The lowest BCUT2D eigenvalue weighted by molar-refractivity contribution is -0.134. The van der Waals surface area contributed by atoms with Crippen molar-refractivity contribution >= 4 is 5.91 Å². The van der Waals surface area contributed by atoms with Gasteiger partial charge in [0.1, 0.15) is 0 Å². The van der Waals surface area contributed by atoms with Crippen molar-refractivity contribution in [1.82, 2.24) is 10.2 Å². The second-order valence-electron chi connectivity index (χ2n) is 8.64. The number of hydrogen-bond acceptors (Lipinski definition) is 2. The SMILES string of the molecule is O=C(CC1CCC(c2ccccc2)CC1)N1CCC2(CCNC2)CC1. The molecule has 3 aliphatic rings. The maximum absolute atomic E-state index is 12.7. The molecule has 3 nitrogen and oxygen atoms in total. The van der Waals surface area contributed by atoms with E-state index in [-0.39, 0.29) is 0 Å². The second kappa shape index (κ2) is 7.49. The predicted molar refractivity (Wildman–Crippen MR) is 101 cm³/mol. The number of carbonyl (C=O) groups excluding carboxylic acids is 1. The van der Waals surface area contributed by atoms with Crippen molar-refractivity contribution in [3.8, 4) is 0 Å². The highest BCUT2D eigenvalue weighted by atomic mass is 16.2. The number of hydrogen-bond donors (Lipinski definition) is 1. The molecule has 0 unspecified atom stereocenters. The summed E-state index contributed by atoms with van der Waals surface area (Å²) < 4.78 is 0. The van der Waals surface area contributed by atoms with Gasteiger partial charge < -0.3 is 10.2 Å². The predicted octanol–water partition coefficient (Wildman–Crippen LogP) is 3.95. The third-order valence-electron chi connectivity index (χ3n) is 7.09. The number of nitrogens with one attached hydrogen (secondary N) is 1. The largest absolute Gasteiger partial charge is 0.343 e. The Balaban J connectivity index is 1.23. The third-order valence-corrected chi connectivity index (χ3v) is 7.09. The lowest BCUT2D eigenvalue weighted by Gasteiger charge is -2.39. The highest BCUT2D eigenvalue weighted by molar-refractivity contribution is 5.76. The Kier molecular flexibility index (Phi) is 5.12. The Hall–Kier alpha value is -1.35. The van der Waals surface area contributed by atoms with E-state index in [1.807, 2.05) is 0 Å². The summed E-state index contributed by atoms with van der Waals surface area (Å²) in [6, 6.07) is 10.9. The van der Waals surface area contributed by atoms with Crippen molar-refractivity contribution in [2.24, 2.45) is 11.3 Å². The molecule has 0 atom stereocenters. The van der Waals surface area contributed by atoms with E-state index in [0.29, 0.717) is 23.2 Å². The first-order valence-electron chi connectivity index (χ1n) is 10.3. The molecule has 1 aromatic carbocycles. The lowest BCUT2D eigenvalue weighted by atomic mass is 9.76. The molecule has 1 N–H and O–H groups in total. The zero-order valence-corrected chi connectivity index (χ0v) is 15.4. The summed E-state index contributed by atoms with van der Waals surface area (Å²) in [5, 5.41) is 3.51. The van der Waals surface area contributed by atoms with Crippen LogP contribution in [-0.4, -0.2) is 37.0 Å². The van der Waals surface area contributed by atoms with Crippen molar-refractivity contribution in [1.29, 1.82) is 0 Å². The first-order chi connectivity index (χ1) is 12.2. The van der Waals surface area contributed by atoms with Gasteiger partial charge in [0.2, 0.25) is 5.91 Å². The minimum atomic E-state index is 0.420. The van der Waals surface area contributed by atoms with E-state index in [4.69, 9.17) is 0 Å². The van der Waals surface area contributed by atoms with Gasteiger partial charge in [-0.25, -0.2) is 0 Å². The van der Waals surface area contributed by atoms with E-state index >= 15 is 0 Å². The van der Waals surface area contributed by atoms with E-state index < -0.39 is 0 Å². The Morgan fingerprint density at radius 3 is 2.40 bits per heavy atom. The summed E-state index contributed by atoms with van der Waals surface area (Å²) in [5.41, 5.74) is 1.99. The van der Waals surface area contributed by atoms with E-state index in [1.165, 1.54) is 63.6 Å². The monoisotopic (exact) mass is 340 g/mol. The number of rotatable bonds is 3. The van der Waals surface area contributed by atoms with Gasteiger partial charge in [-0.15, -0.1) is 0 Å². The van der Waals surface area contributed by atoms with E-state index in [0.717, 1.165) is 19.5 Å². The van der Waals surface area contributed by atoms with Crippen LogP contribution < -0.4 is 5.32 Å². The van der Waals surface area contributed by atoms with Crippen LogP contribution in [-0.2, 0) is 4.79 Å². The van der Waals surface area contributed by atoms with Crippen LogP contribution in [0.1, 0.15) is 62.8 Å². The summed E-state index contributed by atoms with van der Waals surface area (Å²) in [6.07, 6.45) is 9.41. The van der Waals surface area contributed by atoms with Crippen LogP contribution >= 0.6 is 0 Å². The Morgan fingerprint density at radius 2 is 1.76 bits per heavy atom. The molecule has 2 aliphatic heterocycles. The van der Waals surface area contributed by atoms with Crippen molar-refractivity contribution in [3.05, 3.63) is 35.9 Å². The molecule has 3 heteroatoms. The normalized spacial score (nSPS) is 29.0. The maximum atomic E-state index is 12.7. The highest BCUT2D eigenvalue weighted by Gasteiger charge is 2.38. The number of nitrogens with zero attached hydrogens (tertiary/aromatic N) is 1. The van der Waals surface area contributed by atoms with Crippen LogP contribution in [0.2, 0.25) is 0 Å². The van der Waals surface area contributed by atoms with Gasteiger partial charge in [-0.3, -0.25) is 4.79 Å². The molecule has 2 heterocycles. The maximum Gasteiger partial charge on any atom is 0.222 e. The Labute approximate surface area is 152 Å². The molecule has 25 heavy (non-hydrogen) atoms. The van der Waals surface area contributed by atoms with Crippen molar-refractivity contribution in [2.75, 3.05) is 26.2 Å². The van der Waals surface area contributed by atoms with Crippen LogP contribution in [0.4, 0.5) is 0 Å². The van der Waals surface area contributed by atoms with Crippen molar-refractivity contribution < 1.29 is 4.79 Å². The third kappa shape index (κ3) is 3.92. The molecule has 3 fully saturated rings. The molecule has 1 aromatic rings. The summed E-state index contributed by atoms with van der Waals surface area (Å²) in [7, 11) is 0. The minimum Gasteiger partial charge on any atom is -0.343 e. The van der Waals surface area contributed by atoms with Gasteiger partial charge in [0.15, 0.2) is 0 Å². The van der Waals surface area contributed by atoms with E-state index in [9.17, 15) is 4.79 Å². The summed E-state index contributed by atoms with van der Waals surface area (Å²) in [4.78, 5) is 14.9. The van der Waals surface area contributed by atoms with Crippen LogP contribution in [0, 0.1) is 11.3 Å². The first-order valence-corrected chi connectivity index (χ1v) is 10.3. The van der Waals surface area contributed by atoms with Gasteiger partial charge in [0.05, 0.1) is 0 Å². The van der Waals surface area contributed by atoms with Crippen LogP contribution in [0.5, 0.6) is 0 Å². The Bertz CT molecular complexity index is 561. The van der Waals surface area contributed by atoms with Gasteiger partial charge in [0.25, 0.3) is 0 Å². The Morgan fingerprint density at radius 1 is 1.04 bits per heavy atom. The first kappa shape index (κ1) is 17.1. The zero-order chi connectivity index (χ0) is 17.1. The molecular formula is C22H32N2O. The van der Waals surface area contributed by atoms with Crippen molar-refractivity contribution in [3.63, 3.8) is 0 Å². The van der Waals surface area contributed by atoms with Crippen LogP contribution in [0.25, 0.3) is 0 Å². The smallest absolute Gasteiger partial charge is 0.222 e. The fourth-order valence-corrected chi connectivity index (χ4v) is 5.25. The van der Waals surface area contributed by atoms with Gasteiger partial charge in [-0.2, -0.15) is 0 Å². The number of benzene rings is 1. The average molecular weight is 341 g/mol. The molecule has 0 aromatic heterocycles.